The maximum Gasteiger partial charge on any atom is 0.417 e. The summed E-state index contributed by atoms with van der Waals surface area (Å²) in [5.41, 5.74) is -4.04. The molecule has 0 saturated heterocycles. The number of aromatic nitrogens is 4. The molecule has 0 radical (unpaired) electrons. The number of methoxy groups -OCH3 is 2. The Bertz CT molecular complexity index is 2680. The number of nitriles is 2. The molecule has 24 heteroatoms. The van der Waals surface area contributed by atoms with E-state index in [1.807, 2.05) is 12.1 Å². The van der Waals surface area contributed by atoms with Gasteiger partial charge in [0, 0.05) is 50.1 Å². The molecule has 0 spiro atoms. The molecule has 0 aliphatic heterocycles. The van der Waals surface area contributed by atoms with Gasteiger partial charge in [-0.1, -0.05) is 12.1 Å². The Morgan fingerprint density at radius 1 is 0.632 bits per heavy atom. The Morgan fingerprint density at radius 3 is 1.28 bits per heavy atom. The van der Waals surface area contributed by atoms with E-state index in [1.165, 1.54) is 63.5 Å². The standard InChI is InChI=1S/2C22H21F3N4O4S/c2*1-33-18-10-14(9-15(18)20(30)29-21(12-26)4-5-21)34(31,32)19-3-2-13(8-16(19)22(23,24)25)17-11-27-6-7-28-17/h2*2-3,6-8,11,14-15,18H,4-5,9-10H2,1H3,(H,29,30)/t2*14-,15-,18-/m10/s1. The van der Waals surface area contributed by atoms with Gasteiger partial charge < -0.3 is 20.1 Å². The van der Waals surface area contributed by atoms with Gasteiger partial charge in [-0.2, -0.15) is 36.9 Å². The number of benzene rings is 2. The van der Waals surface area contributed by atoms with Gasteiger partial charge in [-0.25, -0.2) is 16.8 Å². The number of hydrogen-bond donors (Lipinski definition) is 2. The Morgan fingerprint density at radius 2 is 1.00 bits per heavy atom. The van der Waals surface area contributed by atoms with Crippen molar-refractivity contribution >= 4 is 31.5 Å². The Hall–Kier alpha value is -6.08. The number of nitrogens with one attached hydrogen (secondary N) is 2. The fourth-order valence-electron chi connectivity index (χ4n) is 8.50. The minimum atomic E-state index is -4.94. The molecule has 2 N–H and O–H groups in total. The van der Waals surface area contributed by atoms with E-state index in [-0.39, 0.29) is 48.2 Å². The average Bonchev–Trinajstić information content (AvgIpc) is 4.17. The second-order valence-electron chi connectivity index (χ2n) is 17.0. The number of nitrogens with zero attached hydrogens (tertiary/aromatic N) is 6. The molecule has 8 rings (SSSR count). The number of carbonyl (C=O) groups is 2. The number of halogens is 6. The number of amides is 2. The van der Waals surface area contributed by atoms with Crippen molar-refractivity contribution in [1.29, 1.82) is 10.5 Å². The molecular weight excluding hydrogens is 947 g/mol. The Labute approximate surface area is 386 Å². The van der Waals surface area contributed by atoms with E-state index in [0.717, 1.165) is 24.3 Å². The summed E-state index contributed by atoms with van der Waals surface area (Å²) in [4.78, 5) is 39.4. The summed E-state index contributed by atoms with van der Waals surface area (Å²) in [5.74, 6) is -2.86. The summed E-state index contributed by atoms with van der Waals surface area (Å²) in [7, 11) is -6.32. The van der Waals surface area contributed by atoms with Crippen LogP contribution in [0.15, 0.2) is 83.4 Å². The van der Waals surface area contributed by atoms with E-state index in [0.29, 0.717) is 25.7 Å². The smallest absolute Gasteiger partial charge is 0.381 e. The quantitative estimate of drug-likeness (QED) is 0.159. The van der Waals surface area contributed by atoms with Gasteiger partial charge in [0.1, 0.15) is 11.1 Å². The molecule has 2 aromatic carbocycles. The van der Waals surface area contributed by atoms with Crippen molar-refractivity contribution < 1.29 is 62.2 Å². The van der Waals surface area contributed by atoms with Crippen LogP contribution in [-0.4, -0.2) is 96.6 Å². The third-order valence-corrected chi connectivity index (χ3v) is 17.1. The lowest BCUT2D eigenvalue weighted by atomic mass is 10.0. The number of carbonyl (C=O) groups excluding carboxylic acids is 2. The summed E-state index contributed by atoms with van der Waals surface area (Å²) in [6, 6.07) is 9.89. The molecule has 0 bridgehead atoms. The lowest BCUT2D eigenvalue weighted by Crippen LogP contribution is -2.42. The predicted molar refractivity (Wildman–Crippen MR) is 225 cm³/mol. The first kappa shape index (κ1) is 49.8. The van der Waals surface area contributed by atoms with Crippen LogP contribution in [0.5, 0.6) is 0 Å². The first-order chi connectivity index (χ1) is 32.0. The van der Waals surface area contributed by atoms with Crippen molar-refractivity contribution in [2.45, 2.75) is 107 Å². The van der Waals surface area contributed by atoms with E-state index in [9.17, 15) is 63.3 Å². The molecule has 0 unspecified atom stereocenters. The third-order valence-electron chi connectivity index (χ3n) is 12.6. The zero-order chi connectivity index (χ0) is 49.5. The normalized spacial score (nSPS) is 23.8. The number of hydrogen-bond acceptors (Lipinski definition) is 14. The fourth-order valence-corrected chi connectivity index (χ4v) is 12.5. The highest BCUT2D eigenvalue weighted by molar-refractivity contribution is 7.92. The molecule has 4 aliphatic rings. The second-order valence-corrected chi connectivity index (χ2v) is 21.4. The monoisotopic (exact) mass is 988 g/mol. The van der Waals surface area contributed by atoms with Crippen LogP contribution >= 0.6 is 0 Å². The first-order valence-corrected chi connectivity index (χ1v) is 24.1. The van der Waals surface area contributed by atoms with Gasteiger partial charge in [-0.05, 0) is 75.6 Å². The van der Waals surface area contributed by atoms with Crippen LogP contribution in [0.3, 0.4) is 0 Å². The minimum Gasteiger partial charge on any atom is -0.381 e. The molecule has 68 heavy (non-hydrogen) atoms. The second kappa shape index (κ2) is 18.8. The summed E-state index contributed by atoms with van der Waals surface area (Å²) >= 11 is 0. The van der Waals surface area contributed by atoms with Crippen molar-refractivity contribution in [3.05, 3.63) is 84.7 Å². The highest BCUT2D eigenvalue weighted by Gasteiger charge is 2.53. The van der Waals surface area contributed by atoms with Crippen LogP contribution < -0.4 is 10.6 Å². The van der Waals surface area contributed by atoms with E-state index >= 15 is 0 Å². The van der Waals surface area contributed by atoms with E-state index in [2.05, 4.69) is 30.6 Å². The molecular formula is C44H42F6N8O8S2. The third kappa shape index (κ3) is 10.3. The van der Waals surface area contributed by atoms with Crippen molar-refractivity contribution in [2.75, 3.05) is 14.2 Å². The van der Waals surface area contributed by atoms with Crippen molar-refractivity contribution in [3.8, 4) is 34.7 Å². The predicted octanol–water partition coefficient (Wildman–Crippen LogP) is 5.80. The largest absolute Gasteiger partial charge is 0.417 e. The lowest BCUT2D eigenvalue weighted by molar-refractivity contribution is -0.140. The molecule has 4 aromatic rings. The van der Waals surface area contributed by atoms with Gasteiger partial charge in [-0.3, -0.25) is 29.5 Å². The first-order valence-electron chi connectivity index (χ1n) is 21.0. The van der Waals surface area contributed by atoms with Crippen LogP contribution in [-0.2, 0) is 51.1 Å². The van der Waals surface area contributed by atoms with Crippen LogP contribution in [0.4, 0.5) is 26.3 Å². The average molecular weight is 989 g/mol. The zero-order valence-corrected chi connectivity index (χ0v) is 37.7. The van der Waals surface area contributed by atoms with E-state index in [1.54, 1.807) is 0 Å². The highest BCUT2D eigenvalue weighted by Crippen LogP contribution is 2.45. The van der Waals surface area contributed by atoms with Gasteiger partial charge in [-0.15, -0.1) is 0 Å². The molecule has 2 aromatic heterocycles. The lowest BCUT2D eigenvalue weighted by Gasteiger charge is -2.19. The van der Waals surface area contributed by atoms with E-state index in [4.69, 9.17) is 9.47 Å². The molecule has 2 heterocycles. The number of sulfone groups is 2. The topological polar surface area (TPSA) is 244 Å². The van der Waals surface area contributed by atoms with Crippen LogP contribution in [0.2, 0.25) is 0 Å². The summed E-state index contributed by atoms with van der Waals surface area (Å²) < 4.78 is 148. The number of ether oxygens (including phenoxy) is 2. The van der Waals surface area contributed by atoms with Crippen molar-refractivity contribution in [2.24, 2.45) is 11.8 Å². The van der Waals surface area contributed by atoms with Gasteiger partial charge in [0.05, 0.1) is 91.4 Å². The fraction of sp³-hybridized carbons (Fsp3) is 0.455. The number of rotatable bonds is 12. The van der Waals surface area contributed by atoms with Crippen LogP contribution in [0.1, 0.15) is 62.5 Å². The number of alkyl halides is 6. The SMILES string of the molecule is CO[C@@H]1C[C@H](S(=O)(=O)c2ccc(-c3cnccn3)cc2C(F)(F)F)C[C@H]1C(=O)NC1(C#N)CC1.CO[C@H]1C[C@@H](S(=O)(=O)c2ccc(-c3cnccn3)cc2C(F)(F)F)C[C@@H]1C(=O)NC1(C#N)CC1. The van der Waals surface area contributed by atoms with Gasteiger partial charge in [0.25, 0.3) is 0 Å². The van der Waals surface area contributed by atoms with Gasteiger partial charge in [0.15, 0.2) is 19.7 Å². The molecule has 4 fully saturated rings. The van der Waals surface area contributed by atoms with Crippen molar-refractivity contribution in [3.63, 3.8) is 0 Å². The maximum absolute atomic E-state index is 13.9. The molecule has 4 saturated carbocycles. The molecule has 6 atom stereocenters. The van der Waals surface area contributed by atoms with Crippen LogP contribution in [0.25, 0.3) is 22.5 Å². The molecule has 16 nitrogen and oxygen atoms in total. The Balaban J connectivity index is 0.000000201. The molecule has 360 valence electrons. The molecule has 4 aliphatic carbocycles. The summed E-state index contributed by atoms with van der Waals surface area (Å²) in [6.45, 7) is 0. The minimum absolute atomic E-state index is 0.0732. The summed E-state index contributed by atoms with van der Waals surface area (Å²) in [6.07, 6.45) is -2.28. The summed E-state index contributed by atoms with van der Waals surface area (Å²) in [5, 5.41) is 21.2. The van der Waals surface area contributed by atoms with Crippen molar-refractivity contribution in [1.82, 2.24) is 30.6 Å². The highest BCUT2D eigenvalue weighted by atomic mass is 32.2. The van der Waals surface area contributed by atoms with E-state index < -0.39 is 110 Å². The Kier molecular flexibility index (Phi) is 13.8. The van der Waals surface area contributed by atoms with Gasteiger partial charge >= 0.3 is 12.4 Å². The maximum atomic E-state index is 13.9. The van der Waals surface area contributed by atoms with Gasteiger partial charge in [0.2, 0.25) is 11.8 Å². The zero-order valence-electron chi connectivity index (χ0n) is 36.1. The molecule has 2 amide bonds. The van der Waals surface area contributed by atoms with Crippen LogP contribution in [0, 0.1) is 34.5 Å².